The number of halogens is 1. The van der Waals surface area contributed by atoms with Crippen molar-refractivity contribution >= 4 is 45.6 Å². The zero-order chi connectivity index (χ0) is 15.5. The third-order valence-electron chi connectivity index (χ3n) is 3.90. The van der Waals surface area contributed by atoms with E-state index in [0.29, 0.717) is 18.7 Å². The van der Waals surface area contributed by atoms with Crippen molar-refractivity contribution in [3.05, 3.63) is 35.2 Å². The summed E-state index contributed by atoms with van der Waals surface area (Å²) < 4.78 is 1.09. The van der Waals surface area contributed by atoms with Crippen molar-refractivity contribution < 1.29 is 9.59 Å². The minimum absolute atomic E-state index is 0. The first-order chi connectivity index (χ1) is 10.7. The molecule has 1 N–H and O–H groups in total. The van der Waals surface area contributed by atoms with Crippen LogP contribution in [-0.4, -0.2) is 61.4 Å². The van der Waals surface area contributed by atoms with E-state index in [1.54, 1.807) is 18.4 Å². The number of thiophene rings is 1. The van der Waals surface area contributed by atoms with Crippen molar-refractivity contribution in [2.24, 2.45) is 0 Å². The predicted molar refractivity (Wildman–Crippen MR) is 95.5 cm³/mol. The van der Waals surface area contributed by atoms with E-state index >= 15 is 0 Å². The number of fused-ring (bicyclic) bond motifs is 1. The molecule has 0 radical (unpaired) electrons. The number of rotatable bonds is 3. The van der Waals surface area contributed by atoms with Gasteiger partial charge in [-0.25, -0.2) is 0 Å². The Labute approximate surface area is 145 Å². The van der Waals surface area contributed by atoms with E-state index in [4.69, 9.17) is 0 Å². The number of carbonyl (C=O) groups excluding carboxylic acids is 2. The van der Waals surface area contributed by atoms with E-state index in [1.807, 2.05) is 34.5 Å². The molecule has 1 fully saturated rings. The largest absolute Gasteiger partial charge is 0.339 e. The summed E-state index contributed by atoms with van der Waals surface area (Å²) in [5, 5.41) is 6.05. The third kappa shape index (κ3) is 3.83. The van der Waals surface area contributed by atoms with E-state index in [1.165, 1.54) is 4.90 Å². The Morgan fingerprint density at radius 3 is 2.70 bits per heavy atom. The third-order valence-corrected chi connectivity index (χ3v) is 4.86. The average molecular weight is 354 g/mol. The van der Waals surface area contributed by atoms with Crippen LogP contribution in [0.2, 0.25) is 0 Å². The van der Waals surface area contributed by atoms with Gasteiger partial charge in [-0.1, -0.05) is 18.2 Å². The molecule has 0 atom stereocenters. The maximum Gasteiger partial charge on any atom is 0.255 e. The average Bonchev–Trinajstić information content (AvgIpc) is 2.99. The van der Waals surface area contributed by atoms with Crippen molar-refractivity contribution in [1.82, 2.24) is 15.1 Å². The van der Waals surface area contributed by atoms with Crippen molar-refractivity contribution in [2.45, 2.75) is 0 Å². The number of hydrogen-bond acceptors (Lipinski definition) is 4. The van der Waals surface area contributed by atoms with Gasteiger partial charge in [-0.3, -0.25) is 9.59 Å². The molecule has 0 saturated carbocycles. The van der Waals surface area contributed by atoms with Crippen LogP contribution >= 0.6 is 23.7 Å². The molecule has 1 aromatic carbocycles. The summed E-state index contributed by atoms with van der Waals surface area (Å²) in [7, 11) is 1.69. The Morgan fingerprint density at radius 2 is 1.96 bits per heavy atom. The molecule has 23 heavy (non-hydrogen) atoms. The first-order valence-electron chi connectivity index (χ1n) is 7.37. The minimum atomic E-state index is -0.0964. The standard InChI is InChI=1S/C16H19N3O2S.ClH/c1-18(10-15(20)19-8-6-17-7-9-19)16(21)13-11-22-14-5-3-2-4-12(13)14;/h2-5,11,17H,6-10H2,1H3;1H. The highest BCUT2D eigenvalue weighted by Gasteiger charge is 2.22. The minimum Gasteiger partial charge on any atom is -0.339 e. The maximum atomic E-state index is 12.6. The topological polar surface area (TPSA) is 52.7 Å². The molecule has 2 heterocycles. The molecule has 2 amide bonds. The fourth-order valence-corrected chi connectivity index (χ4v) is 3.57. The summed E-state index contributed by atoms with van der Waals surface area (Å²) in [6.07, 6.45) is 0. The molecule has 5 nitrogen and oxygen atoms in total. The van der Waals surface area contributed by atoms with Crippen molar-refractivity contribution in [3.8, 4) is 0 Å². The molecule has 0 bridgehead atoms. The van der Waals surface area contributed by atoms with Gasteiger partial charge in [0.05, 0.1) is 12.1 Å². The van der Waals surface area contributed by atoms with Gasteiger partial charge in [0.1, 0.15) is 0 Å². The molecule has 1 saturated heterocycles. The zero-order valence-corrected chi connectivity index (χ0v) is 14.6. The zero-order valence-electron chi connectivity index (χ0n) is 12.9. The van der Waals surface area contributed by atoms with Gasteiger partial charge in [0.15, 0.2) is 0 Å². The van der Waals surface area contributed by atoms with Crippen LogP contribution in [0.25, 0.3) is 10.1 Å². The lowest BCUT2D eigenvalue weighted by Crippen LogP contribution is -2.49. The molecule has 3 rings (SSSR count). The molecule has 0 spiro atoms. The Kier molecular flexibility index (Phi) is 5.98. The highest BCUT2D eigenvalue weighted by molar-refractivity contribution is 7.17. The van der Waals surface area contributed by atoms with Crippen LogP contribution in [0.1, 0.15) is 10.4 Å². The van der Waals surface area contributed by atoms with Gasteiger partial charge in [-0.2, -0.15) is 0 Å². The molecule has 1 aliphatic heterocycles. The van der Waals surface area contributed by atoms with E-state index in [2.05, 4.69) is 5.32 Å². The number of amides is 2. The lowest BCUT2D eigenvalue weighted by atomic mass is 10.1. The van der Waals surface area contributed by atoms with Gasteiger partial charge in [-0.15, -0.1) is 23.7 Å². The SMILES string of the molecule is CN(CC(=O)N1CCNCC1)C(=O)c1csc2ccccc12.Cl. The molecule has 1 aliphatic rings. The lowest BCUT2D eigenvalue weighted by molar-refractivity contribution is -0.132. The number of likely N-dealkylation sites (N-methyl/N-ethyl adjacent to an activating group) is 1. The Hall–Kier alpha value is -1.63. The normalized spacial score (nSPS) is 14.4. The van der Waals surface area contributed by atoms with Gasteiger partial charge in [-0.05, 0) is 6.07 Å². The molecule has 0 aliphatic carbocycles. The molecular weight excluding hydrogens is 334 g/mol. The van der Waals surface area contributed by atoms with Gasteiger partial charge in [0.25, 0.3) is 5.91 Å². The second-order valence-corrected chi connectivity index (χ2v) is 6.35. The van der Waals surface area contributed by atoms with Crippen LogP contribution in [0.3, 0.4) is 0 Å². The summed E-state index contributed by atoms with van der Waals surface area (Å²) in [6.45, 7) is 3.19. The van der Waals surface area contributed by atoms with Gasteiger partial charge in [0.2, 0.25) is 5.91 Å². The number of carbonyl (C=O) groups is 2. The lowest BCUT2D eigenvalue weighted by Gasteiger charge is -2.29. The monoisotopic (exact) mass is 353 g/mol. The van der Waals surface area contributed by atoms with E-state index in [0.717, 1.165) is 23.2 Å². The second kappa shape index (κ2) is 7.77. The highest BCUT2D eigenvalue weighted by atomic mass is 35.5. The number of nitrogens with one attached hydrogen (secondary N) is 1. The van der Waals surface area contributed by atoms with Crippen molar-refractivity contribution in [3.63, 3.8) is 0 Å². The summed E-state index contributed by atoms with van der Waals surface area (Å²) in [4.78, 5) is 28.2. The molecule has 1 aromatic heterocycles. The Bertz CT molecular complexity index is 697. The number of hydrogen-bond donors (Lipinski definition) is 1. The van der Waals surface area contributed by atoms with Gasteiger partial charge >= 0.3 is 0 Å². The van der Waals surface area contributed by atoms with Crippen LogP contribution in [0.15, 0.2) is 29.6 Å². The predicted octanol–water partition coefficient (Wildman–Crippen LogP) is 1.83. The van der Waals surface area contributed by atoms with Crippen LogP contribution < -0.4 is 5.32 Å². The summed E-state index contributed by atoms with van der Waals surface area (Å²) in [5.41, 5.74) is 0.677. The number of piperazine rings is 1. The highest BCUT2D eigenvalue weighted by Crippen LogP contribution is 2.26. The molecule has 0 unspecified atom stereocenters. The second-order valence-electron chi connectivity index (χ2n) is 5.44. The molecule has 2 aromatic rings. The Balaban J connectivity index is 0.00000192. The molecule has 124 valence electrons. The first-order valence-corrected chi connectivity index (χ1v) is 8.25. The van der Waals surface area contributed by atoms with Crippen LogP contribution in [-0.2, 0) is 4.79 Å². The van der Waals surface area contributed by atoms with Crippen LogP contribution in [0.4, 0.5) is 0 Å². The summed E-state index contributed by atoms with van der Waals surface area (Å²) in [6, 6.07) is 7.84. The first kappa shape index (κ1) is 17.7. The summed E-state index contributed by atoms with van der Waals surface area (Å²) in [5.74, 6) is -0.0854. The van der Waals surface area contributed by atoms with Gasteiger partial charge in [0, 0.05) is 48.7 Å². The number of nitrogens with zero attached hydrogens (tertiary/aromatic N) is 2. The van der Waals surface area contributed by atoms with E-state index < -0.39 is 0 Å². The quantitative estimate of drug-likeness (QED) is 0.915. The van der Waals surface area contributed by atoms with Gasteiger partial charge < -0.3 is 15.1 Å². The molecule has 7 heteroatoms. The summed E-state index contributed by atoms with van der Waals surface area (Å²) >= 11 is 1.56. The van der Waals surface area contributed by atoms with Crippen LogP contribution in [0.5, 0.6) is 0 Å². The maximum absolute atomic E-state index is 12.6. The van der Waals surface area contributed by atoms with E-state index in [9.17, 15) is 9.59 Å². The fraction of sp³-hybridized carbons (Fsp3) is 0.375. The van der Waals surface area contributed by atoms with Crippen LogP contribution in [0, 0.1) is 0 Å². The van der Waals surface area contributed by atoms with E-state index in [-0.39, 0.29) is 30.8 Å². The Morgan fingerprint density at radius 1 is 1.26 bits per heavy atom. The number of benzene rings is 1. The smallest absolute Gasteiger partial charge is 0.255 e. The van der Waals surface area contributed by atoms with Crippen molar-refractivity contribution in [2.75, 3.05) is 39.8 Å². The molecular formula is C16H20ClN3O2S. The van der Waals surface area contributed by atoms with Crippen molar-refractivity contribution in [1.29, 1.82) is 0 Å². The fourth-order valence-electron chi connectivity index (χ4n) is 2.64.